The third-order valence-electron chi connectivity index (χ3n) is 5.71. The van der Waals surface area contributed by atoms with Gasteiger partial charge in [-0.1, -0.05) is 24.1 Å². The standard InChI is InChI=1S/C24H29N5O3/c1-17-8-10-18(11-9-17)25-24(30)29(20-13-12-19(31-2)15-21(20)32-3)16-23-27-26-22-7-5-4-6-14-28(22)23/h8-13,15H,4-7,14,16H2,1-3H3,(H,25,30). The van der Waals surface area contributed by atoms with Crippen LogP contribution in [0, 0.1) is 6.92 Å². The van der Waals surface area contributed by atoms with Gasteiger partial charge < -0.3 is 19.4 Å². The van der Waals surface area contributed by atoms with Crippen LogP contribution in [0.15, 0.2) is 42.5 Å². The second-order valence-corrected chi connectivity index (χ2v) is 7.91. The quantitative estimate of drug-likeness (QED) is 0.613. The number of ether oxygens (including phenoxy) is 2. The molecule has 1 aliphatic heterocycles. The summed E-state index contributed by atoms with van der Waals surface area (Å²) in [5, 5.41) is 11.8. The number of aryl methyl sites for hydroxylation is 2. The summed E-state index contributed by atoms with van der Waals surface area (Å²) in [4.78, 5) is 15.1. The van der Waals surface area contributed by atoms with E-state index in [0.717, 1.165) is 48.7 Å². The largest absolute Gasteiger partial charge is 0.497 e. The predicted octanol–water partition coefficient (Wildman–Crippen LogP) is 4.57. The van der Waals surface area contributed by atoms with Crippen molar-refractivity contribution < 1.29 is 14.3 Å². The number of nitrogens with zero attached hydrogens (tertiary/aromatic N) is 4. The SMILES string of the molecule is COc1ccc(N(Cc2nnc3n2CCCCC3)C(=O)Nc2ccc(C)cc2)c(OC)c1. The van der Waals surface area contributed by atoms with Crippen LogP contribution < -0.4 is 19.7 Å². The Hall–Kier alpha value is -3.55. The first-order valence-electron chi connectivity index (χ1n) is 10.9. The fourth-order valence-corrected chi connectivity index (χ4v) is 3.91. The minimum Gasteiger partial charge on any atom is -0.497 e. The summed E-state index contributed by atoms with van der Waals surface area (Å²) in [6, 6.07) is 12.8. The molecule has 3 aromatic rings. The van der Waals surface area contributed by atoms with Gasteiger partial charge in [-0.05, 0) is 44.0 Å². The predicted molar refractivity (Wildman–Crippen MR) is 124 cm³/mol. The Labute approximate surface area is 188 Å². The van der Waals surface area contributed by atoms with Crippen LogP contribution in [-0.4, -0.2) is 35.0 Å². The lowest BCUT2D eigenvalue weighted by atomic mass is 10.2. The highest BCUT2D eigenvalue weighted by atomic mass is 16.5. The van der Waals surface area contributed by atoms with Gasteiger partial charge in [-0.2, -0.15) is 0 Å². The van der Waals surface area contributed by atoms with Crippen molar-refractivity contribution in [2.75, 3.05) is 24.4 Å². The maximum absolute atomic E-state index is 13.5. The van der Waals surface area contributed by atoms with Crippen molar-refractivity contribution in [3.63, 3.8) is 0 Å². The second kappa shape index (κ2) is 9.72. The molecule has 2 aromatic carbocycles. The summed E-state index contributed by atoms with van der Waals surface area (Å²) in [6.45, 7) is 3.15. The van der Waals surface area contributed by atoms with Gasteiger partial charge in [0, 0.05) is 24.7 Å². The smallest absolute Gasteiger partial charge is 0.326 e. The lowest BCUT2D eigenvalue weighted by Crippen LogP contribution is -2.36. The number of carbonyl (C=O) groups excluding carboxylic acids is 1. The summed E-state index contributed by atoms with van der Waals surface area (Å²) in [7, 11) is 3.18. The molecule has 0 bridgehead atoms. The Morgan fingerprint density at radius 3 is 2.62 bits per heavy atom. The molecule has 2 amide bonds. The van der Waals surface area contributed by atoms with Gasteiger partial charge in [0.15, 0.2) is 5.82 Å². The first kappa shape index (κ1) is 21.7. The summed E-state index contributed by atoms with van der Waals surface area (Å²) in [5.74, 6) is 2.94. The summed E-state index contributed by atoms with van der Waals surface area (Å²) >= 11 is 0. The molecule has 32 heavy (non-hydrogen) atoms. The summed E-state index contributed by atoms with van der Waals surface area (Å²) in [5.41, 5.74) is 2.48. The minimum absolute atomic E-state index is 0.271. The number of nitrogens with one attached hydrogen (secondary N) is 1. The van der Waals surface area contributed by atoms with Crippen molar-refractivity contribution in [2.45, 2.75) is 45.7 Å². The molecule has 168 valence electrons. The van der Waals surface area contributed by atoms with Gasteiger partial charge in [0.2, 0.25) is 0 Å². The zero-order chi connectivity index (χ0) is 22.5. The maximum Gasteiger partial charge on any atom is 0.326 e. The molecule has 1 aliphatic rings. The molecular weight excluding hydrogens is 406 g/mol. The van der Waals surface area contributed by atoms with Gasteiger partial charge in [-0.3, -0.25) is 4.90 Å². The van der Waals surface area contributed by atoms with Gasteiger partial charge >= 0.3 is 6.03 Å². The number of hydrogen-bond acceptors (Lipinski definition) is 5. The van der Waals surface area contributed by atoms with E-state index in [1.165, 1.54) is 6.42 Å². The number of carbonyl (C=O) groups is 1. The van der Waals surface area contributed by atoms with Gasteiger partial charge in [0.05, 0.1) is 26.5 Å². The number of rotatable bonds is 6. The normalized spacial score (nSPS) is 13.1. The molecule has 0 saturated carbocycles. The van der Waals surface area contributed by atoms with Crippen molar-refractivity contribution in [1.29, 1.82) is 0 Å². The van der Waals surface area contributed by atoms with E-state index in [1.54, 1.807) is 25.2 Å². The number of aromatic nitrogens is 3. The van der Waals surface area contributed by atoms with Crippen LogP contribution in [0.4, 0.5) is 16.2 Å². The van der Waals surface area contributed by atoms with Gasteiger partial charge in [-0.25, -0.2) is 4.79 Å². The van der Waals surface area contributed by atoms with E-state index in [4.69, 9.17) is 9.47 Å². The molecule has 0 unspecified atom stereocenters. The lowest BCUT2D eigenvalue weighted by molar-refractivity contribution is 0.256. The van der Waals surface area contributed by atoms with Crippen LogP contribution in [0.5, 0.6) is 11.5 Å². The van der Waals surface area contributed by atoms with E-state index in [0.29, 0.717) is 17.2 Å². The van der Waals surface area contributed by atoms with Gasteiger partial charge in [-0.15, -0.1) is 10.2 Å². The number of fused-ring (bicyclic) bond motifs is 1. The van der Waals surface area contributed by atoms with Crippen molar-refractivity contribution in [3.8, 4) is 11.5 Å². The molecule has 2 heterocycles. The van der Waals surface area contributed by atoms with Crippen molar-refractivity contribution in [2.24, 2.45) is 0 Å². The van der Waals surface area contributed by atoms with Crippen molar-refractivity contribution in [3.05, 3.63) is 59.7 Å². The van der Waals surface area contributed by atoms with E-state index < -0.39 is 0 Å². The van der Waals surface area contributed by atoms with Crippen LogP contribution in [0.1, 0.15) is 36.5 Å². The summed E-state index contributed by atoms with van der Waals surface area (Å²) < 4.78 is 13.1. The van der Waals surface area contributed by atoms with Crippen LogP contribution in [0.3, 0.4) is 0 Å². The van der Waals surface area contributed by atoms with Crippen molar-refractivity contribution in [1.82, 2.24) is 14.8 Å². The number of amides is 2. The average molecular weight is 436 g/mol. The first-order valence-corrected chi connectivity index (χ1v) is 10.9. The van der Waals surface area contributed by atoms with Crippen molar-refractivity contribution >= 4 is 17.4 Å². The Morgan fingerprint density at radius 1 is 1.06 bits per heavy atom. The van der Waals surface area contributed by atoms with Crippen LogP contribution in [-0.2, 0) is 19.5 Å². The van der Waals surface area contributed by atoms with Crippen LogP contribution >= 0.6 is 0 Å². The molecule has 8 nitrogen and oxygen atoms in total. The Morgan fingerprint density at radius 2 is 1.88 bits per heavy atom. The molecule has 1 aromatic heterocycles. The molecule has 8 heteroatoms. The summed E-state index contributed by atoms with van der Waals surface area (Å²) in [6.07, 6.45) is 4.28. The highest BCUT2D eigenvalue weighted by molar-refractivity contribution is 6.02. The van der Waals surface area contributed by atoms with Crippen LogP contribution in [0.2, 0.25) is 0 Å². The first-order chi connectivity index (χ1) is 15.6. The average Bonchev–Trinajstić information content (AvgIpc) is 3.03. The molecule has 1 N–H and O–H groups in total. The molecule has 0 spiro atoms. The number of hydrogen-bond donors (Lipinski definition) is 1. The number of benzene rings is 2. The Kier molecular flexibility index (Phi) is 6.58. The highest BCUT2D eigenvalue weighted by Crippen LogP contribution is 2.34. The number of urea groups is 1. The molecular formula is C24H29N5O3. The molecule has 4 rings (SSSR count). The zero-order valence-corrected chi connectivity index (χ0v) is 18.8. The van der Waals surface area contributed by atoms with Crippen LogP contribution in [0.25, 0.3) is 0 Å². The van der Waals surface area contributed by atoms with E-state index in [9.17, 15) is 4.79 Å². The Balaban J connectivity index is 1.69. The topological polar surface area (TPSA) is 81.5 Å². The molecule has 0 fully saturated rings. The zero-order valence-electron chi connectivity index (χ0n) is 18.8. The highest BCUT2D eigenvalue weighted by Gasteiger charge is 2.24. The Bertz CT molecular complexity index is 1080. The lowest BCUT2D eigenvalue weighted by Gasteiger charge is -2.25. The van der Waals surface area contributed by atoms with E-state index in [1.807, 2.05) is 43.3 Å². The molecule has 0 aliphatic carbocycles. The van der Waals surface area contributed by atoms with E-state index >= 15 is 0 Å². The number of methoxy groups -OCH3 is 2. The number of anilines is 2. The van der Waals surface area contributed by atoms with E-state index in [2.05, 4.69) is 20.1 Å². The third kappa shape index (κ3) is 4.69. The van der Waals surface area contributed by atoms with Gasteiger partial charge in [0.25, 0.3) is 0 Å². The van der Waals surface area contributed by atoms with E-state index in [-0.39, 0.29) is 12.6 Å². The minimum atomic E-state index is -0.275. The third-order valence-corrected chi connectivity index (χ3v) is 5.71. The molecule has 0 saturated heterocycles. The molecule has 0 radical (unpaired) electrons. The maximum atomic E-state index is 13.5. The fraction of sp³-hybridized carbons (Fsp3) is 0.375. The fourth-order valence-electron chi connectivity index (χ4n) is 3.91. The monoisotopic (exact) mass is 435 g/mol. The second-order valence-electron chi connectivity index (χ2n) is 7.91. The van der Waals surface area contributed by atoms with Gasteiger partial charge in [0.1, 0.15) is 17.3 Å². The molecule has 0 atom stereocenters.